The van der Waals surface area contributed by atoms with Crippen LogP contribution in [-0.4, -0.2) is 20.4 Å². The van der Waals surface area contributed by atoms with Gasteiger partial charge in [0.05, 0.1) is 27.0 Å². The zero-order valence-electron chi connectivity index (χ0n) is 16.4. The molecule has 0 aliphatic rings. The van der Waals surface area contributed by atoms with E-state index in [9.17, 15) is 4.39 Å². The molecule has 1 N–H and O–H groups in total. The van der Waals surface area contributed by atoms with Crippen LogP contribution in [0, 0.1) is 5.82 Å². The van der Waals surface area contributed by atoms with Gasteiger partial charge in [0.2, 0.25) is 0 Å². The maximum atomic E-state index is 13.0. The van der Waals surface area contributed by atoms with Gasteiger partial charge in [0.1, 0.15) is 18.2 Å². The SMILES string of the molecule is COc1ccccc1CN/N=C/c1ccc(OCc2ccc(F)cc2)c(OC)c1. The highest BCUT2D eigenvalue weighted by molar-refractivity contribution is 5.80. The summed E-state index contributed by atoms with van der Waals surface area (Å²) in [5, 5.41) is 4.26. The summed E-state index contributed by atoms with van der Waals surface area (Å²) in [7, 11) is 3.23. The third-order valence-electron chi connectivity index (χ3n) is 4.26. The maximum Gasteiger partial charge on any atom is 0.161 e. The quantitative estimate of drug-likeness (QED) is 0.427. The molecule has 3 aromatic rings. The smallest absolute Gasteiger partial charge is 0.161 e. The summed E-state index contributed by atoms with van der Waals surface area (Å²) in [4.78, 5) is 0. The molecule has 0 aliphatic carbocycles. The van der Waals surface area contributed by atoms with Gasteiger partial charge in [-0.3, -0.25) is 0 Å². The largest absolute Gasteiger partial charge is 0.496 e. The third kappa shape index (κ3) is 5.72. The third-order valence-corrected chi connectivity index (χ3v) is 4.26. The van der Waals surface area contributed by atoms with Crippen LogP contribution in [0.25, 0.3) is 0 Å². The number of rotatable bonds is 9. The van der Waals surface area contributed by atoms with Crippen LogP contribution < -0.4 is 19.6 Å². The number of hydrazone groups is 1. The summed E-state index contributed by atoms with van der Waals surface area (Å²) in [6, 6.07) is 19.5. The topological polar surface area (TPSA) is 52.1 Å². The van der Waals surface area contributed by atoms with Crippen molar-refractivity contribution in [2.45, 2.75) is 13.2 Å². The first-order chi connectivity index (χ1) is 14.2. The van der Waals surface area contributed by atoms with E-state index in [1.165, 1.54) is 12.1 Å². The molecule has 0 fully saturated rings. The van der Waals surface area contributed by atoms with Gasteiger partial charge >= 0.3 is 0 Å². The van der Waals surface area contributed by atoms with Crippen LogP contribution >= 0.6 is 0 Å². The highest BCUT2D eigenvalue weighted by Gasteiger charge is 2.06. The first kappa shape index (κ1) is 20.2. The monoisotopic (exact) mass is 394 g/mol. The normalized spacial score (nSPS) is 10.7. The average molecular weight is 394 g/mol. The summed E-state index contributed by atoms with van der Waals surface area (Å²) in [6.07, 6.45) is 1.71. The summed E-state index contributed by atoms with van der Waals surface area (Å²) in [6.45, 7) is 0.876. The lowest BCUT2D eigenvalue weighted by atomic mass is 10.2. The Morgan fingerprint density at radius 1 is 0.897 bits per heavy atom. The van der Waals surface area contributed by atoms with Crippen LogP contribution in [-0.2, 0) is 13.2 Å². The zero-order chi connectivity index (χ0) is 20.5. The molecule has 0 amide bonds. The van der Waals surface area contributed by atoms with Crippen molar-refractivity contribution < 1.29 is 18.6 Å². The van der Waals surface area contributed by atoms with Crippen molar-refractivity contribution in [3.63, 3.8) is 0 Å². The van der Waals surface area contributed by atoms with Crippen molar-refractivity contribution >= 4 is 6.21 Å². The number of ether oxygens (including phenoxy) is 3. The highest BCUT2D eigenvalue weighted by atomic mass is 19.1. The first-order valence-corrected chi connectivity index (χ1v) is 9.12. The minimum atomic E-state index is -0.269. The fourth-order valence-electron chi connectivity index (χ4n) is 2.73. The van der Waals surface area contributed by atoms with Crippen molar-refractivity contribution in [1.29, 1.82) is 0 Å². The van der Waals surface area contributed by atoms with E-state index >= 15 is 0 Å². The highest BCUT2D eigenvalue weighted by Crippen LogP contribution is 2.28. The molecule has 0 unspecified atom stereocenters. The average Bonchev–Trinajstić information content (AvgIpc) is 2.77. The molecule has 0 heterocycles. The van der Waals surface area contributed by atoms with Gasteiger partial charge in [0, 0.05) is 5.56 Å². The summed E-state index contributed by atoms with van der Waals surface area (Å²) in [5.74, 6) is 1.76. The van der Waals surface area contributed by atoms with Crippen LogP contribution in [0.1, 0.15) is 16.7 Å². The zero-order valence-corrected chi connectivity index (χ0v) is 16.4. The van der Waals surface area contributed by atoms with Gasteiger partial charge in [-0.05, 0) is 47.5 Å². The first-order valence-electron chi connectivity index (χ1n) is 9.12. The Kier molecular flexibility index (Phi) is 7.05. The lowest BCUT2D eigenvalue weighted by Gasteiger charge is -2.11. The van der Waals surface area contributed by atoms with Crippen LogP contribution in [0.3, 0.4) is 0 Å². The van der Waals surface area contributed by atoms with Crippen LogP contribution in [0.2, 0.25) is 0 Å². The molecule has 6 heteroatoms. The molecule has 0 saturated heterocycles. The number of hydrogen-bond donors (Lipinski definition) is 1. The predicted molar refractivity (Wildman–Crippen MR) is 111 cm³/mol. The van der Waals surface area contributed by atoms with Crippen molar-refractivity contribution in [3.05, 3.63) is 89.2 Å². The van der Waals surface area contributed by atoms with Crippen molar-refractivity contribution in [2.75, 3.05) is 14.2 Å². The van der Waals surface area contributed by atoms with E-state index in [1.54, 1.807) is 32.6 Å². The number of hydrogen-bond acceptors (Lipinski definition) is 5. The molecule has 3 rings (SSSR count). The number of benzene rings is 3. The van der Waals surface area contributed by atoms with Crippen molar-refractivity contribution in [2.24, 2.45) is 5.10 Å². The van der Waals surface area contributed by atoms with Gasteiger partial charge in [0.15, 0.2) is 11.5 Å². The molecular formula is C23H23FN2O3. The fraction of sp³-hybridized carbons (Fsp3) is 0.174. The minimum absolute atomic E-state index is 0.269. The second kappa shape index (κ2) is 10.1. The molecule has 29 heavy (non-hydrogen) atoms. The molecule has 0 spiro atoms. The Hall–Kier alpha value is -3.54. The molecule has 0 saturated carbocycles. The Bertz CT molecular complexity index is 959. The van der Waals surface area contributed by atoms with E-state index in [2.05, 4.69) is 10.5 Å². The van der Waals surface area contributed by atoms with Crippen molar-refractivity contribution in [1.82, 2.24) is 5.43 Å². The lowest BCUT2D eigenvalue weighted by molar-refractivity contribution is 0.284. The molecule has 150 valence electrons. The number of nitrogens with one attached hydrogen (secondary N) is 1. The number of nitrogens with zero attached hydrogens (tertiary/aromatic N) is 1. The van der Waals surface area contributed by atoms with Gasteiger partial charge < -0.3 is 19.6 Å². The minimum Gasteiger partial charge on any atom is -0.496 e. The van der Waals surface area contributed by atoms with E-state index in [1.807, 2.05) is 42.5 Å². The summed E-state index contributed by atoms with van der Waals surface area (Å²) >= 11 is 0. The fourth-order valence-corrected chi connectivity index (χ4v) is 2.73. The second-order valence-electron chi connectivity index (χ2n) is 6.23. The number of methoxy groups -OCH3 is 2. The van der Waals surface area contributed by atoms with Crippen LogP contribution in [0.15, 0.2) is 71.8 Å². The number of para-hydroxylation sites is 1. The van der Waals surface area contributed by atoms with E-state index in [-0.39, 0.29) is 5.82 Å². The molecule has 0 bridgehead atoms. The lowest BCUT2D eigenvalue weighted by Crippen LogP contribution is -2.07. The Morgan fingerprint density at radius 3 is 2.41 bits per heavy atom. The molecule has 0 aromatic heterocycles. The standard InChI is InChI=1S/C23H23FN2O3/c1-27-21-6-4-3-5-19(21)15-26-25-14-18-9-12-22(23(13-18)28-2)29-16-17-7-10-20(24)11-8-17/h3-14,26H,15-16H2,1-2H3/b25-14+. The second-order valence-corrected chi connectivity index (χ2v) is 6.23. The predicted octanol–water partition coefficient (Wildman–Crippen LogP) is 4.55. The number of halogens is 1. The van der Waals surface area contributed by atoms with E-state index in [0.717, 1.165) is 22.4 Å². The van der Waals surface area contributed by atoms with E-state index in [0.29, 0.717) is 24.7 Å². The Balaban J connectivity index is 1.59. The van der Waals surface area contributed by atoms with Gasteiger partial charge in [-0.25, -0.2) is 4.39 Å². The van der Waals surface area contributed by atoms with E-state index in [4.69, 9.17) is 14.2 Å². The van der Waals surface area contributed by atoms with Crippen molar-refractivity contribution in [3.8, 4) is 17.2 Å². The molecule has 0 atom stereocenters. The van der Waals surface area contributed by atoms with Crippen LogP contribution in [0.5, 0.6) is 17.2 Å². The molecule has 3 aromatic carbocycles. The molecule has 0 radical (unpaired) electrons. The van der Waals surface area contributed by atoms with Gasteiger partial charge in [-0.15, -0.1) is 0 Å². The van der Waals surface area contributed by atoms with E-state index < -0.39 is 0 Å². The van der Waals surface area contributed by atoms with Gasteiger partial charge in [-0.1, -0.05) is 30.3 Å². The van der Waals surface area contributed by atoms with Gasteiger partial charge in [0.25, 0.3) is 0 Å². The summed E-state index contributed by atoms with van der Waals surface area (Å²) < 4.78 is 29.5. The molecule has 0 aliphatic heterocycles. The van der Waals surface area contributed by atoms with Crippen LogP contribution in [0.4, 0.5) is 4.39 Å². The summed E-state index contributed by atoms with van der Waals surface area (Å²) in [5.41, 5.74) is 5.78. The molecule has 5 nitrogen and oxygen atoms in total. The Morgan fingerprint density at radius 2 is 1.66 bits per heavy atom. The Labute approximate surface area is 169 Å². The molecular weight excluding hydrogens is 371 g/mol. The maximum absolute atomic E-state index is 13.0. The van der Waals surface area contributed by atoms with Gasteiger partial charge in [-0.2, -0.15) is 5.10 Å².